The summed E-state index contributed by atoms with van der Waals surface area (Å²) in [6.45, 7) is 1.75. The van der Waals surface area contributed by atoms with Crippen molar-refractivity contribution in [2.75, 3.05) is 0 Å². The summed E-state index contributed by atoms with van der Waals surface area (Å²) in [6.07, 6.45) is 0. The molecule has 0 spiro atoms. The van der Waals surface area contributed by atoms with Crippen LogP contribution in [0.5, 0.6) is 0 Å². The van der Waals surface area contributed by atoms with Gasteiger partial charge >= 0.3 is 5.97 Å². The third kappa shape index (κ3) is 2.28. The fraction of sp³-hybridized carbons (Fsp3) is 0.0909. The van der Waals surface area contributed by atoms with Crippen molar-refractivity contribution in [3.05, 3.63) is 45.7 Å². The molecule has 2 aromatic rings. The maximum absolute atomic E-state index is 10.8. The van der Waals surface area contributed by atoms with Crippen molar-refractivity contribution in [2.45, 2.75) is 6.92 Å². The summed E-state index contributed by atoms with van der Waals surface area (Å²) in [5, 5.41) is 13.8. The molecule has 2 rings (SSSR count). The molecule has 0 aliphatic heterocycles. The van der Waals surface area contributed by atoms with Crippen molar-refractivity contribution in [3.8, 4) is 5.69 Å². The Morgan fingerprint density at radius 1 is 1.35 bits per heavy atom. The van der Waals surface area contributed by atoms with E-state index in [1.807, 2.05) is 0 Å². The van der Waals surface area contributed by atoms with Crippen molar-refractivity contribution in [1.29, 1.82) is 0 Å². The second-order valence-electron chi connectivity index (χ2n) is 3.48. The SMILES string of the molecule is Cc1cc(C(=O)O)nn1-c1cc(Cl)ccc1Cl. The first-order chi connectivity index (χ1) is 7.99. The summed E-state index contributed by atoms with van der Waals surface area (Å²) in [6, 6.07) is 6.40. The van der Waals surface area contributed by atoms with Gasteiger partial charge in [0.05, 0.1) is 10.7 Å². The molecule has 0 fully saturated rings. The van der Waals surface area contributed by atoms with E-state index in [1.165, 1.54) is 10.7 Å². The van der Waals surface area contributed by atoms with Crippen LogP contribution >= 0.6 is 23.2 Å². The van der Waals surface area contributed by atoms with Gasteiger partial charge < -0.3 is 5.11 Å². The van der Waals surface area contributed by atoms with Gasteiger partial charge in [-0.15, -0.1) is 0 Å². The lowest BCUT2D eigenvalue weighted by molar-refractivity contribution is 0.0690. The van der Waals surface area contributed by atoms with Gasteiger partial charge in [0.15, 0.2) is 5.69 Å². The number of aryl methyl sites for hydroxylation is 1. The fourth-order valence-corrected chi connectivity index (χ4v) is 1.83. The summed E-state index contributed by atoms with van der Waals surface area (Å²) < 4.78 is 1.46. The Hall–Kier alpha value is -1.52. The summed E-state index contributed by atoms with van der Waals surface area (Å²) in [7, 11) is 0. The number of nitrogens with zero attached hydrogens (tertiary/aromatic N) is 2. The van der Waals surface area contributed by atoms with Gasteiger partial charge in [0.25, 0.3) is 0 Å². The molecular weight excluding hydrogens is 263 g/mol. The monoisotopic (exact) mass is 270 g/mol. The molecule has 17 heavy (non-hydrogen) atoms. The van der Waals surface area contributed by atoms with Crippen LogP contribution in [0.3, 0.4) is 0 Å². The number of hydrogen-bond donors (Lipinski definition) is 1. The Morgan fingerprint density at radius 2 is 2.06 bits per heavy atom. The van der Waals surface area contributed by atoms with Gasteiger partial charge in [-0.1, -0.05) is 23.2 Å². The summed E-state index contributed by atoms with van der Waals surface area (Å²) in [5.74, 6) is -1.08. The number of carboxylic acids is 1. The van der Waals surface area contributed by atoms with Gasteiger partial charge in [-0.05, 0) is 31.2 Å². The van der Waals surface area contributed by atoms with Crippen molar-refractivity contribution in [1.82, 2.24) is 9.78 Å². The van der Waals surface area contributed by atoms with Crippen LogP contribution in [-0.4, -0.2) is 20.9 Å². The zero-order valence-corrected chi connectivity index (χ0v) is 10.3. The minimum absolute atomic E-state index is 0.0291. The third-order valence-corrected chi connectivity index (χ3v) is 2.80. The fourth-order valence-electron chi connectivity index (χ4n) is 1.47. The van der Waals surface area contributed by atoms with E-state index in [1.54, 1.807) is 25.1 Å². The lowest BCUT2D eigenvalue weighted by Gasteiger charge is -2.06. The predicted octanol–water partition coefficient (Wildman–Crippen LogP) is 3.19. The van der Waals surface area contributed by atoms with Crippen LogP contribution in [0.2, 0.25) is 10.0 Å². The van der Waals surface area contributed by atoms with Crippen LogP contribution in [0.4, 0.5) is 0 Å². The van der Waals surface area contributed by atoms with Crippen LogP contribution in [-0.2, 0) is 0 Å². The van der Waals surface area contributed by atoms with Gasteiger partial charge in [0.1, 0.15) is 0 Å². The van der Waals surface area contributed by atoms with E-state index >= 15 is 0 Å². The lowest BCUT2D eigenvalue weighted by Crippen LogP contribution is -2.02. The molecule has 0 aliphatic rings. The highest BCUT2D eigenvalue weighted by molar-refractivity contribution is 6.34. The molecule has 1 N–H and O–H groups in total. The molecule has 6 heteroatoms. The molecule has 0 bridgehead atoms. The predicted molar refractivity (Wildman–Crippen MR) is 65.3 cm³/mol. The molecular formula is C11H8Cl2N2O2. The van der Waals surface area contributed by atoms with Crippen molar-refractivity contribution >= 4 is 29.2 Å². The van der Waals surface area contributed by atoms with Gasteiger partial charge in [-0.25, -0.2) is 9.48 Å². The Bertz CT molecular complexity index is 593. The topological polar surface area (TPSA) is 55.1 Å². The largest absolute Gasteiger partial charge is 0.476 e. The molecule has 0 unspecified atom stereocenters. The number of rotatable bonds is 2. The number of halogens is 2. The zero-order valence-electron chi connectivity index (χ0n) is 8.82. The Kier molecular flexibility index (Phi) is 3.09. The summed E-state index contributed by atoms with van der Waals surface area (Å²) in [5.41, 5.74) is 1.20. The van der Waals surface area contributed by atoms with E-state index in [2.05, 4.69) is 5.10 Å². The molecule has 88 valence electrons. The molecule has 1 aromatic carbocycles. The van der Waals surface area contributed by atoms with E-state index in [0.717, 1.165) is 0 Å². The average molecular weight is 271 g/mol. The van der Waals surface area contributed by atoms with E-state index in [9.17, 15) is 4.79 Å². The molecule has 0 aliphatic carbocycles. The number of carbonyl (C=O) groups is 1. The normalized spacial score (nSPS) is 10.5. The first kappa shape index (κ1) is 12.0. The smallest absolute Gasteiger partial charge is 0.356 e. The quantitative estimate of drug-likeness (QED) is 0.912. The Labute approximate surface area is 107 Å². The van der Waals surface area contributed by atoms with Gasteiger partial charge in [0.2, 0.25) is 0 Å². The standard InChI is InChI=1S/C11H8Cl2N2O2/c1-6-4-9(11(16)17)14-15(6)10-5-7(12)2-3-8(10)13/h2-5H,1H3,(H,16,17). The number of aromatic nitrogens is 2. The molecule has 0 amide bonds. The highest BCUT2D eigenvalue weighted by atomic mass is 35.5. The molecule has 4 nitrogen and oxygen atoms in total. The minimum atomic E-state index is -1.08. The molecule has 0 atom stereocenters. The first-order valence-electron chi connectivity index (χ1n) is 4.74. The van der Waals surface area contributed by atoms with E-state index < -0.39 is 5.97 Å². The molecule has 0 radical (unpaired) electrons. The number of carboxylic acid groups (broad SMARTS) is 1. The van der Waals surface area contributed by atoms with E-state index in [-0.39, 0.29) is 5.69 Å². The van der Waals surface area contributed by atoms with Crippen LogP contribution < -0.4 is 0 Å². The molecule has 0 saturated carbocycles. The van der Waals surface area contributed by atoms with Crippen LogP contribution in [0, 0.1) is 6.92 Å². The zero-order chi connectivity index (χ0) is 12.6. The maximum atomic E-state index is 10.8. The van der Waals surface area contributed by atoms with Gasteiger partial charge in [-0.3, -0.25) is 0 Å². The maximum Gasteiger partial charge on any atom is 0.356 e. The average Bonchev–Trinajstić information content (AvgIpc) is 2.64. The van der Waals surface area contributed by atoms with Crippen molar-refractivity contribution < 1.29 is 9.90 Å². The lowest BCUT2D eigenvalue weighted by atomic mass is 10.3. The minimum Gasteiger partial charge on any atom is -0.476 e. The van der Waals surface area contributed by atoms with Crippen LogP contribution in [0.1, 0.15) is 16.2 Å². The summed E-state index contributed by atoms with van der Waals surface area (Å²) in [4.78, 5) is 10.8. The first-order valence-corrected chi connectivity index (χ1v) is 5.50. The number of hydrogen-bond acceptors (Lipinski definition) is 2. The van der Waals surface area contributed by atoms with E-state index in [4.69, 9.17) is 28.3 Å². The van der Waals surface area contributed by atoms with Gasteiger partial charge in [-0.2, -0.15) is 5.10 Å². The Balaban J connectivity index is 2.60. The summed E-state index contributed by atoms with van der Waals surface area (Å²) >= 11 is 11.9. The Morgan fingerprint density at radius 3 is 2.65 bits per heavy atom. The third-order valence-electron chi connectivity index (χ3n) is 2.24. The van der Waals surface area contributed by atoms with Crippen molar-refractivity contribution in [3.63, 3.8) is 0 Å². The van der Waals surface area contributed by atoms with Gasteiger partial charge in [0, 0.05) is 10.7 Å². The second kappa shape index (κ2) is 4.39. The van der Waals surface area contributed by atoms with Crippen LogP contribution in [0.15, 0.2) is 24.3 Å². The highest BCUT2D eigenvalue weighted by Gasteiger charge is 2.13. The molecule has 1 aromatic heterocycles. The molecule has 1 heterocycles. The number of aromatic carboxylic acids is 1. The second-order valence-corrected chi connectivity index (χ2v) is 4.33. The molecule has 0 saturated heterocycles. The van der Waals surface area contributed by atoms with Crippen LogP contribution in [0.25, 0.3) is 5.69 Å². The highest BCUT2D eigenvalue weighted by Crippen LogP contribution is 2.25. The van der Waals surface area contributed by atoms with Crippen molar-refractivity contribution in [2.24, 2.45) is 0 Å². The number of benzene rings is 1. The van der Waals surface area contributed by atoms with E-state index in [0.29, 0.717) is 21.4 Å².